The lowest BCUT2D eigenvalue weighted by atomic mass is 9.94. The molecule has 1 saturated carbocycles. The van der Waals surface area contributed by atoms with Crippen molar-refractivity contribution in [3.63, 3.8) is 0 Å². The molecule has 2 amide bonds. The van der Waals surface area contributed by atoms with E-state index in [2.05, 4.69) is 10.6 Å². The predicted molar refractivity (Wildman–Crippen MR) is 105 cm³/mol. The number of nitrogens with zero attached hydrogens (tertiary/aromatic N) is 1. The smallest absolute Gasteiger partial charge is 0.321 e. The van der Waals surface area contributed by atoms with Crippen molar-refractivity contribution in [1.82, 2.24) is 10.2 Å². The number of ether oxygens (including phenoxy) is 1. The average molecular weight is 410 g/mol. The number of urea groups is 1. The highest BCUT2D eigenvalue weighted by Crippen LogP contribution is 2.40. The van der Waals surface area contributed by atoms with E-state index in [0.29, 0.717) is 37.1 Å². The van der Waals surface area contributed by atoms with Crippen LogP contribution >= 0.6 is 0 Å². The van der Waals surface area contributed by atoms with Crippen LogP contribution in [-0.2, 0) is 19.4 Å². The third-order valence-corrected chi connectivity index (χ3v) is 7.42. The number of anilines is 1. The van der Waals surface area contributed by atoms with Crippen LogP contribution in [0.3, 0.4) is 0 Å². The molecule has 8 nitrogen and oxygen atoms in total. The number of nitrogens with one attached hydrogen (secondary N) is 2. The molecule has 2 N–H and O–H groups in total. The van der Waals surface area contributed by atoms with Crippen LogP contribution in [0.15, 0.2) is 23.1 Å². The summed E-state index contributed by atoms with van der Waals surface area (Å²) in [5.74, 6) is -0.803. The Balaban J connectivity index is 2.02. The summed E-state index contributed by atoms with van der Waals surface area (Å²) < 4.78 is 31.1. The molecule has 0 radical (unpaired) electrons. The maximum atomic E-state index is 13.0. The van der Waals surface area contributed by atoms with Crippen molar-refractivity contribution in [3.05, 3.63) is 23.8 Å². The maximum Gasteiger partial charge on any atom is 0.321 e. The van der Waals surface area contributed by atoms with Gasteiger partial charge in [0, 0.05) is 25.8 Å². The first-order valence-corrected chi connectivity index (χ1v) is 11.1. The van der Waals surface area contributed by atoms with Gasteiger partial charge in [0.1, 0.15) is 0 Å². The van der Waals surface area contributed by atoms with E-state index in [9.17, 15) is 18.0 Å². The standard InChI is InChI=1S/C19H27N3O5S/c1-4-27-18(23)14-9-10-20-17(14)15-11-12(21-19(24)22(2)3)5-8-16(15)28(25,26)13-6-7-13/h5,8,11,13-14,17,20H,4,6-7,9-10H2,1-3H3,(H,21,24)/t14-,17+/m0/s1. The average Bonchev–Trinajstić information content (AvgIpc) is 3.39. The van der Waals surface area contributed by atoms with Crippen LogP contribution < -0.4 is 10.6 Å². The zero-order chi connectivity index (χ0) is 20.5. The van der Waals surface area contributed by atoms with E-state index in [-0.39, 0.29) is 28.8 Å². The van der Waals surface area contributed by atoms with Crippen LogP contribution in [0.1, 0.15) is 37.8 Å². The van der Waals surface area contributed by atoms with Gasteiger partial charge in [-0.25, -0.2) is 13.2 Å². The van der Waals surface area contributed by atoms with E-state index in [4.69, 9.17) is 4.74 Å². The van der Waals surface area contributed by atoms with Gasteiger partial charge in [-0.1, -0.05) is 0 Å². The van der Waals surface area contributed by atoms with Gasteiger partial charge in [-0.3, -0.25) is 4.79 Å². The fourth-order valence-corrected chi connectivity index (χ4v) is 5.34. The summed E-state index contributed by atoms with van der Waals surface area (Å²) in [4.78, 5) is 26.0. The largest absolute Gasteiger partial charge is 0.466 e. The molecule has 0 bridgehead atoms. The molecule has 154 valence electrons. The van der Waals surface area contributed by atoms with Crippen LogP contribution in [0.4, 0.5) is 10.5 Å². The second-order valence-corrected chi connectivity index (χ2v) is 9.60. The molecule has 1 aromatic rings. The van der Waals surface area contributed by atoms with Gasteiger partial charge < -0.3 is 20.3 Å². The van der Waals surface area contributed by atoms with E-state index in [1.165, 1.54) is 11.0 Å². The number of rotatable bonds is 6. The number of carbonyl (C=O) groups excluding carboxylic acids is 2. The van der Waals surface area contributed by atoms with Gasteiger partial charge in [0.15, 0.2) is 9.84 Å². The number of esters is 1. The summed E-state index contributed by atoms with van der Waals surface area (Å²) in [6.45, 7) is 2.61. The zero-order valence-corrected chi connectivity index (χ0v) is 17.2. The van der Waals surface area contributed by atoms with Crippen molar-refractivity contribution < 1.29 is 22.7 Å². The summed E-state index contributed by atoms with van der Waals surface area (Å²) in [6.07, 6.45) is 1.88. The van der Waals surface area contributed by atoms with Gasteiger partial charge in [-0.2, -0.15) is 0 Å². The van der Waals surface area contributed by atoms with E-state index in [1.807, 2.05) is 0 Å². The van der Waals surface area contributed by atoms with Crippen LogP contribution in [0.25, 0.3) is 0 Å². The van der Waals surface area contributed by atoms with Gasteiger partial charge >= 0.3 is 12.0 Å². The highest BCUT2D eigenvalue weighted by atomic mass is 32.2. The Morgan fingerprint density at radius 2 is 1.96 bits per heavy atom. The molecule has 2 aliphatic rings. The molecule has 3 rings (SSSR count). The minimum atomic E-state index is -3.47. The first kappa shape index (κ1) is 20.6. The van der Waals surface area contributed by atoms with Gasteiger partial charge in [0.05, 0.1) is 22.7 Å². The van der Waals surface area contributed by atoms with Crippen LogP contribution in [0.5, 0.6) is 0 Å². The SMILES string of the molecule is CCOC(=O)[C@H]1CCN[C@H]1c1cc(NC(=O)N(C)C)ccc1S(=O)(=O)C1CC1. The monoisotopic (exact) mass is 409 g/mol. The summed E-state index contributed by atoms with van der Waals surface area (Å²) in [5.41, 5.74) is 0.999. The minimum Gasteiger partial charge on any atom is -0.466 e. The quantitative estimate of drug-likeness (QED) is 0.696. The molecule has 1 aliphatic carbocycles. The molecule has 1 saturated heterocycles. The predicted octanol–water partition coefficient (Wildman–Crippen LogP) is 1.93. The molecule has 2 fully saturated rings. The molecule has 1 aliphatic heterocycles. The minimum absolute atomic E-state index is 0.228. The topological polar surface area (TPSA) is 105 Å². The van der Waals surface area contributed by atoms with Crippen molar-refractivity contribution in [2.75, 3.05) is 32.6 Å². The zero-order valence-electron chi connectivity index (χ0n) is 16.4. The fourth-order valence-electron chi connectivity index (χ4n) is 3.45. The highest BCUT2D eigenvalue weighted by molar-refractivity contribution is 7.92. The molecular formula is C19H27N3O5S. The normalized spacial score (nSPS) is 22.0. The number of amides is 2. The summed E-state index contributed by atoms with van der Waals surface area (Å²) in [6, 6.07) is 4.00. The van der Waals surface area contributed by atoms with Gasteiger partial charge in [0.2, 0.25) is 0 Å². The third kappa shape index (κ3) is 4.15. The Kier molecular flexibility index (Phi) is 5.95. The van der Waals surface area contributed by atoms with E-state index < -0.39 is 21.8 Å². The molecule has 0 aromatic heterocycles. The van der Waals surface area contributed by atoms with E-state index >= 15 is 0 Å². The fraction of sp³-hybridized carbons (Fsp3) is 0.579. The van der Waals surface area contributed by atoms with Crippen molar-refractivity contribution >= 4 is 27.5 Å². The van der Waals surface area contributed by atoms with Crippen LogP contribution in [0, 0.1) is 5.92 Å². The van der Waals surface area contributed by atoms with Crippen LogP contribution in [0.2, 0.25) is 0 Å². The molecule has 9 heteroatoms. The van der Waals surface area contributed by atoms with Gasteiger partial charge in [-0.05, 0) is 56.5 Å². The second-order valence-electron chi connectivity index (χ2n) is 7.40. The second kappa shape index (κ2) is 8.08. The number of carbonyl (C=O) groups is 2. The number of hydrogen-bond acceptors (Lipinski definition) is 6. The van der Waals surface area contributed by atoms with Crippen molar-refractivity contribution in [2.24, 2.45) is 5.92 Å². The van der Waals surface area contributed by atoms with Crippen molar-refractivity contribution in [3.8, 4) is 0 Å². The van der Waals surface area contributed by atoms with Gasteiger partial charge in [-0.15, -0.1) is 0 Å². The number of benzene rings is 1. The lowest BCUT2D eigenvalue weighted by Crippen LogP contribution is -2.29. The molecule has 2 atom stereocenters. The Morgan fingerprint density at radius 1 is 1.25 bits per heavy atom. The lowest BCUT2D eigenvalue weighted by Gasteiger charge is -2.23. The summed E-state index contributed by atoms with van der Waals surface area (Å²) in [7, 11) is -0.227. The number of sulfone groups is 1. The first-order chi connectivity index (χ1) is 13.3. The molecule has 0 spiro atoms. The maximum absolute atomic E-state index is 13.0. The Morgan fingerprint density at radius 3 is 2.57 bits per heavy atom. The van der Waals surface area contributed by atoms with Crippen molar-refractivity contribution in [2.45, 2.75) is 42.4 Å². The van der Waals surface area contributed by atoms with E-state index in [1.54, 1.807) is 33.2 Å². The first-order valence-electron chi connectivity index (χ1n) is 9.52. The Bertz CT molecular complexity index is 864. The number of hydrogen-bond donors (Lipinski definition) is 2. The van der Waals surface area contributed by atoms with Crippen molar-refractivity contribution in [1.29, 1.82) is 0 Å². The molecule has 0 unspecified atom stereocenters. The van der Waals surface area contributed by atoms with Gasteiger partial charge in [0.25, 0.3) is 0 Å². The lowest BCUT2D eigenvalue weighted by molar-refractivity contribution is -0.148. The highest BCUT2D eigenvalue weighted by Gasteiger charge is 2.42. The third-order valence-electron chi connectivity index (χ3n) is 5.08. The Labute approximate surface area is 165 Å². The summed E-state index contributed by atoms with van der Waals surface area (Å²) in [5, 5.41) is 5.63. The van der Waals surface area contributed by atoms with E-state index in [0.717, 1.165) is 0 Å². The Hall–Kier alpha value is -2.13. The molecule has 1 heterocycles. The molecule has 28 heavy (non-hydrogen) atoms. The molecule has 1 aromatic carbocycles. The van der Waals surface area contributed by atoms with Crippen LogP contribution in [-0.4, -0.2) is 57.8 Å². The summed E-state index contributed by atoms with van der Waals surface area (Å²) >= 11 is 0. The molecular weight excluding hydrogens is 382 g/mol.